The number of halogens is 1. The SMILES string of the molecule is COc1cc(C(=O)N(C)CC(C)CN)ccc1F. The van der Waals surface area contributed by atoms with Crippen LogP contribution in [0.25, 0.3) is 0 Å². The normalized spacial score (nSPS) is 12.1. The van der Waals surface area contributed by atoms with E-state index in [-0.39, 0.29) is 17.6 Å². The van der Waals surface area contributed by atoms with E-state index < -0.39 is 5.82 Å². The molecular formula is C13H19FN2O2. The second-order valence-electron chi connectivity index (χ2n) is 4.38. The van der Waals surface area contributed by atoms with Gasteiger partial charge in [-0.25, -0.2) is 4.39 Å². The van der Waals surface area contributed by atoms with Gasteiger partial charge in [-0.2, -0.15) is 0 Å². The smallest absolute Gasteiger partial charge is 0.253 e. The Labute approximate surface area is 107 Å². The summed E-state index contributed by atoms with van der Waals surface area (Å²) < 4.78 is 18.1. The highest BCUT2D eigenvalue weighted by molar-refractivity contribution is 5.94. The van der Waals surface area contributed by atoms with Crippen molar-refractivity contribution in [2.75, 3.05) is 27.2 Å². The third-order valence-corrected chi connectivity index (χ3v) is 2.73. The van der Waals surface area contributed by atoms with Gasteiger partial charge in [0.15, 0.2) is 11.6 Å². The summed E-state index contributed by atoms with van der Waals surface area (Å²) in [7, 11) is 3.07. The summed E-state index contributed by atoms with van der Waals surface area (Å²) >= 11 is 0. The fourth-order valence-electron chi connectivity index (χ4n) is 1.64. The molecule has 5 heteroatoms. The van der Waals surface area contributed by atoms with Crippen LogP contribution >= 0.6 is 0 Å². The number of benzene rings is 1. The maximum absolute atomic E-state index is 13.2. The number of carbonyl (C=O) groups is 1. The van der Waals surface area contributed by atoms with Crippen LogP contribution in [0.5, 0.6) is 5.75 Å². The molecule has 0 aromatic heterocycles. The molecule has 0 aliphatic rings. The first-order chi connectivity index (χ1) is 8.49. The molecule has 0 aliphatic carbocycles. The molecule has 0 saturated carbocycles. The minimum Gasteiger partial charge on any atom is -0.494 e. The average Bonchev–Trinajstić information content (AvgIpc) is 2.38. The Kier molecular flexibility index (Phi) is 5.09. The van der Waals surface area contributed by atoms with Crippen LogP contribution in [0.15, 0.2) is 18.2 Å². The number of amides is 1. The fourth-order valence-corrected chi connectivity index (χ4v) is 1.64. The van der Waals surface area contributed by atoms with Gasteiger partial charge < -0.3 is 15.4 Å². The summed E-state index contributed by atoms with van der Waals surface area (Å²) in [6, 6.07) is 4.08. The number of nitrogens with two attached hydrogens (primary N) is 1. The summed E-state index contributed by atoms with van der Waals surface area (Å²) in [5.41, 5.74) is 5.92. The van der Waals surface area contributed by atoms with Crippen LogP contribution in [0, 0.1) is 11.7 Å². The van der Waals surface area contributed by atoms with Crippen molar-refractivity contribution in [1.82, 2.24) is 4.90 Å². The van der Waals surface area contributed by atoms with E-state index in [9.17, 15) is 9.18 Å². The van der Waals surface area contributed by atoms with Crippen LogP contribution < -0.4 is 10.5 Å². The molecule has 1 amide bonds. The monoisotopic (exact) mass is 254 g/mol. The number of hydrogen-bond donors (Lipinski definition) is 1. The predicted octanol–water partition coefficient (Wildman–Crippen LogP) is 1.50. The molecule has 18 heavy (non-hydrogen) atoms. The third-order valence-electron chi connectivity index (χ3n) is 2.73. The van der Waals surface area contributed by atoms with E-state index in [1.807, 2.05) is 6.92 Å². The second kappa shape index (κ2) is 6.35. The van der Waals surface area contributed by atoms with Crippen LogP contribution in [-0.4, -0.2) is 38.1 Å². The summed E-state index contributed by atoms with van der Waals surface area (Å²) in [6.07, 6.45) is 0. The maximum Gasteiger partial charge on any atom is 0.253 e. The maximum atomic E-state index is 13.2. The van der Waals surface area contributed by atoms with Gasteiger partial charge in [-0.3, -0.25) is 4.79 Å². The summed E-state index contributed by atoms with van der Waals surface area (Å²) in [6.45, 7) is 3.05. The minimum atomic E-state index is -0.480. The Morgan fingerprint density at radius 2 is 2.22 bits per heavy atom. The van der Waals surface area contributed by atoms with Gasteiger partial charge in [0.25, 0.3) is 5.91 Å². The molecular weight excluding hydrogens is 235 g/mol. The molecule has 1 aromatic carbocycles. The molecule has 4 nitrogen and oxygen atoms in total. The largest absolute Gasteiger partial charge is 0.494 e. The Morgan fingerprint density at radius 3 is 2.78 bits per heavy atom. The lowest BCUT2D eigenvalue weighted by Gasteiger charge is -2.21. The number of methoxy groups -OCH3 is 1. The van der Waals surface area contributed by atoms with Gasteiger partial charge in [0, 0.05) is 19.2 Å². The first-order valence-corrected chi connectivity index (χ1v) is 5.78. The molecule has 0 saturated heterocycles. The van der Waals surface area contributed by atoms with Crippen LogP contribution in [0.4, 0.5) is 4.39 Å². The van der Waals surface area contributed by atoms with E-state index in [4.69, 9.17) is 10.5 Å². The van der Waals surface area contributed by atoms with Crippen molar-refractivity contribution in [3.8, 4) is 5.75 Å². The van der Waals surface area contributed by atoms with E-state index in [2.05, 4.69) is 0 Å². The van der Waals surface area contributed by atoms with Crippen LogP contribution in [-0.2, 0) is 0 Å². The molecule has 1 unspecified atom stereocenters. The van der Waals surface area contributed by atoms with Crippen LogP contribution in [0.2, 0.25) is 0 Å². The van der Waals surface area contributed by atoms with Gasteiger partial charge in [0.1, 0.15) is 0 Å². The number of rotatable bonds is 5. The number of hydrogen-bond acceptors (Lipinski definition) is 3. The zero-order valence-electron chi connectivity index (χ0n) is 10.9. The zero-order chi connectivity index (χ0) is 13.7. The van der Waals surface area contributed by atoms with Gasteiger partial charge in [-0.1, -0.05) is 6.92 Å². The molecule has 0 bridgehead atoms. The van der Waals surface area contributed by atoms with E-state index in [0.717, 1.165) is 0 Å². The molecule has 0 spiro atoms. The molecule has 1 aromatic rings. The molecule has 0 fully saturated rings. The Bertz CT molecular complexity index is 423. The zero-order valence-corrected chi connectivity index (χ0v) is 10.9. The predicted molar refractivity (Wildman–Crippen MR) is 68.1 cm³/mol. The first-order valence-electron chi connectivity index (χ1n) is 5.78. The lowest BCUT2D eigenvalue weighted by atomic mass is 10.1. The van der Waals surface area contributed by atoms with E-state index in [1.165, 1.54) is 25.3 Å². The molecule has 0 radical (unpaired) electrons. The van der Waals surface area contributed by atoms with Gasteiger partial charge in [0.05, 0.1) is 7.11 Å². The van der Waals surface area contributed by atoms with Gasteiger partial charge in [-0.05, 0) is 30.7 Å². The van der Waals surface area contributed by atoms with Crippen molar-refractivity contribution in [3.63, 3.8) is 0 Å². The van der Waals surface area contributed by atoms with Crippen LogP contribution in [0.3, 0.4) is 0 Å². The van der Waals surface area contributed by atoms with Crippen molar-refractivity contribution in [2.24, 2.45) is 11.7 Å². The van der Waals surface area contributed by atoms with Crippen molar-refractivity contribution < 1.29 is 13.9 Å². The second-order valence-corrected chi connectivity index (χ2v) is 4.38. The Morgan fingerprint density at radius 1 is 1.56 bits per heavy atom. The van der Waals surface area contributed by atoms with Gasteiger partial charge in [-0.15, -0.1) is 0 Å². The standard InChI is InChI=1S/C13H19FN2O2/c1-9(7-15)8-16(2)13(17)10-4-5-11(14)12(6-10)18-3/h4-6,9H,7-8,15H2,1-3H3. The lowest BCUT2D eigenvalue weighted by molar-refractivity contribution is 0.0777. The van der Waals surface area contributed by atoms with Gasteiger partial charge >= 0.3 is 0 Å². The van der Waals surface area contributed by atoms with E-state index in [1.54, 1.807) is 11.9 Å². The molecule has 1 rings (SSSR count). The van der Waals surface area contributed by atoms with Crippen molar-refractivity contribution in [1.29, 1.82) is 0 Å². The number of carbonyl (C=O) groups excluding carboxylic acids is 1. The Hall–Kier alpha value is -1.62. The lowest BCUT2D eigenvalue weighted by Crippen LogP contribution is -2.33. The topological polar surface area (TPSA) is 55.6 Å². The average molecular weight is 254 g/mol. The molecule has 0 heterocycles. The third kappa shape index (κ3) is 3.43. The number of nitrogens with zero attached hydrogens (tertiary/aromatic N) is 1. The molecule has 2 N–H and O–H groups in total. The first kappa shape index (κ1) is 14.4. The van der Waals surface area contributed by atoms with Gasteiger partial charge in [0.2, 0.25) is 0 Å². The van der Waals surface area contributed by atoms with Crippen molar-refractivity contribution >= 4 is 5.91 Å². The highest BCUT2D eigenvalue weighted by Gasteiger charge is 2.15. The highest BCUT2D eigenvalue weighted by atomic mass is 19.1. The molecule has 1 atom stereocenters. The van der Waals surface area contributed by atoms with Crippen molar-refractivity contribution in [2.45, 2.75) is 6.92 Å². The van der Waals surface area contributed by atoms with Crippen LogP contribution in [0.1, 0.15) is 17.3 Å². The summed E-state index contributed by atoms with van der Waals surface area (Å²) in [4.78, 5) is 13.7. The molecule has 100 valence electrons. The Balaban J connectivity index is 2.83. The van der Waals surface area contributed by atoms with E-state index >= 15 is 0 Å². The quantitative estimate of drug-likeness (QED) is 0.866. The minimum absolute atomic E-state index is 0.0705. The van der Waals surface area contributed by atoms with Crippen molar-refractivity contribution in [3.05, 3.63) is 29.6 Å². The summed E-state index contributed by atoms with van der Waals surface area (Å²) in [5, 5.41) is 0. The fraction of sp³-hybridized carbons (Fsp3) is 0.462. The number of ether oxygens (including phenoxy) is 1. The summed E-state index contributed by atoms with van der Waals surface area (Å²) in [5.74, 6) is -0.358. The van der Waals surface area contributed by atoms with E-state index in [0.29, 0.717) is 18.7 Å². The highest BCUT2D eigenvalue weighted by Crippen LogP contribution is 2.19. The molecule has 0 aliphatic heterocycles.